The van der Waals surface area contributed by atoms with Gasteiger partial charge in [0.1, 0.15) is 16.9 Å². The SMILES string of the molecule is Cc1ccc(Oc2ccc(C(C)(c3ccccc3)C(F)(F)F)cc2)c(C)c1. The number of rotatable bonds is 4. The Hall–Kier alpha value is -2.75. The van der Waals surface area contributed by atoms with Crippen molar-refractivity contribution in [2.45, 2.75) is 32.4 Å². The average Bonchev–Trinajstić information content (AvgIpc) is 2.64. The second-order valence-corrected chi connectivity index (χ2v) is 6.88. The van der Waals surface area contributed by atoms with Crippen LogP contribution >= 0.6 is 0 Å². The molecule has 140 valence electrons. The summed E-state index contributed by atoms with van der Waals surface area (Å²) in [4.78, 5) is 0. The van der Waals surface area contributed by atoms with E-state index in [-0.39, 0.29) is 11.1 Å². The molecule has 0 radical (unpaired) electrons. The largest absolute Gasteiger partial charge is 0.457 e. The maximum Gasteiger partial charge on any atom is 0.402 e. The average molecular weight is 370 g/mol. The van der Waals surface area contributed by atoms with Crippen LogP contribution in [0.3, 0.4) is 0 Å². The van der Waals surface area contributed by atoms with Crippen LogP contribution in [-0.4, -0.2) is 6.18 Å². The lowest BCUT2D eigenvalue weighted by atomic mass is 9.75. The Balaban J connectivity index is 1.95. The Kier molecular flexibility index (Phi) is 5.01. The van der Waals surface area contributed by atoms with Gasteiger partial charge in [-0.05, 0) is 55.7 Å². The second kappa shape index (κ2) is 7.10. The first-order valence-electron chi connectivity index (χ1n) is 8.70. The highest BCUT2D eigenvalue weighted by atomic mass is 19.4. The molecule has 0 saturated carbocycles. The molecule has 27 heavy (non-hydrogen) atoms. The first kappa shape index (κ1) is 19.0. The van der Waals surface area contributed by atoms with Gasteiger partial charge in [0, 0.05) is 0 Å². The predicted octanol–water partition coefficient (Wildman–Crippen LogP) is 6.96. The molecule has 1 atom stereocenters. The summed E-state index contributed by atoms with van der Waals surface area (Å²) < 4.78 is 47.8. The molecule has 0 spiro atoms. The van der Waals surface area contributed by atoms with Crippen molar-refractivity contribution in [2.24, 2.45) is 0 Å². The molecule has 3 rings (SSSR count). The number of halogens is 3. The normalized spacial score (nSPS) is 13.9. The molecule has 0 aromatic heterocycles. The van der Waals surface area contributed by atoms with Crippen molar-refractivity contribution < 1.29 is 17.9 Å². The number of ether oxygens (including phenoxy) is 1. The summed E-state index contributed by atoms with van der Waals surface area (Å²) in [5.74, 6) is 1.19. The highest BCUT2D eigenvalue weighted by Gasteiger charge is 2.53. The molecule has 1 unspecified atom stereocenters. The molecule has 0 amide bonds. The van der Waals surface area contributed by atoms with Crippen LogP contribution in [0.5, 0.6) is 11.5 Å². The molecular weight excluding hydrogens is 349 g/mol. The molecule has 0 aliphatic rings. The minimum absolute atomic E-state index is 0.175. The van der Waals surface area contributed by atoms with E-state index >= 15 is 0 Å². The summed E-state index contributed by atoms with van der Waals surface area (Å²) in [6.07, 6.45) is -4.43. The Morgan fingerprint density at radius 2 is 1.33 bits per heavy atom. The maximum atomic E-state index is 14.0. The number of hydrogen-bond donors (Lipinski definition) is 0. The van der Waals surface area contributed by atoms with Crippen molar-refractivity contribution in [1.29, 1.82) is 0 Å². The Morgan fingerprint density at radius 1 is 0.741 bits per heavy atom. The zero-order chi connectivity index (χ0) is 19.7. The van der Waals surface area contributed by atoms with Gasteiger partial charge in [-0.3, -0.25) is 0 Å². The van der Waals surface area contributed by atoms with E-state index in [0.717, 1.165) is 11.1 Å². The van der Waals surface area contributed by atoms with Crippen molar-refractivity contribution in [3.05, 3.63) is 95.1 Å². The van der Waals surface area contributed by atoms with Gasteiger partial charge in [0.2, 0.25) is 0 Å². The van der Waals surface area contributed by atoms with Crippen LogP contribution in [-0.2, 0) is 5.41 Å². The summed E-state index contributed by atoms with van der Waals surface area (Å²) in [6.45, 7) is 5.14. The van der Waals surface area contributed by atoms with Crippen molar-refractivity contribution in [3.8, 4) is 11.5 Å². The highest BCUT2D eigenvalue weighted by Crippen LogP contribution is 2.46. The summed E-state index contributed by atoms with van der Waals surface area (Å²) in [5.41, 5.74) is 0.393. The van der Waals surface area contributed by atoms with Crippen LogP contribution < -0.4 is 4.74 Å². The fourth-order valence-corrected chi connectivity index (χ4v) is 3.16. The minimum Gasteiger partial charge on any atom is -0.457 e. The smallest absolute Gasteiger partial charge is 0.402 e. The van der Waals surface area contributed by atoms with E-state index in [9.17, 15) is 13.2 Å². The Bertz CT molecular complexity index is 915. The minimum atomic E-state index is -4.43. The van der Waals surface area contributed by atoms with Gasteiger partial charge in [-0.25, -0.2) is 0 Å². The van der Waals surface area contributed by atoms with Gasteiger partial charge in [-0.15, -0.1) is 0 Å². The Labute approximate surface area is 157 Å². The fourth-order valence-electron chi connectivity index (χ4n) is 3.16. The lowest BCUT2D eigenvalue weighted by Gasteiger charge is -2.33. The molecule has 0 bridgehead atoms. The highest BCUT2D eigenvalue weighted by molar-refractivity contribution is 5.44. The molecule has 0 aliphatic carbocycles. The second-order valence-electron chi connectivity index (χ2n) is 6.88. The first-order chi connectivity index (χ1) is 12.7. The number of hydrogen-bond acceptors (Lipinski definition) is 1. The summed E-state index contributed by atoms with van der Waals surface area (Å²) in [6, 6.07) is 19.9. The molecule has 3 aromatic carbocycles. The zero-order valence-corrected chi connectivity index (χ0v) is 15.5. The van der Waals surface area contributed by atoms with Crippen LogP contribution in [0.1, 0.15) is 29.2 Å². The van der Waals surface area contributed by atoms with Gasteiger partial charge < -0.3 is 4.74 Å². The van der Waals surface area contributed by atoms with E-state index in [1.54, 1.807) is 30.3 Å². The van der Waals surface area contributed by atoms with Crippen LogP contribution in [0.15, 0.2) is 72.8 Å². The molecule has 0 N–H and O–H groups in total. The van der Waals surface area contributed by atoms with Crippen molar-refractivity contribution in [1.82, 2.24) is 0 Å². The van der Waals surface area contributed by atoms with Crippen molar-refractivity contribution in [3.63, 3.8) is 0 Å². The molecule has 0 saturated heterocycles. The molecule has 0 fully saturated rings. The molecule has 4 heteroatoms. The fraction of sp³-hybridized carbons (Fsp3) is 0.217. The van der Waals surface area contributed by atoms with E-state index < -0.39 is 11.6 Å². The van der Waals surface area contributed by atoms with Crippen LogP contribution in [0, 0.1) is 13.8 Å². The standard InChI is InChI=1S/C23H21F3O/c1-16-9-14-21(17(2)15-16)27-20-12-10-19(11-13-20)22(3,23(24,25)26)18-7-5-4-6-8-18/h4-15H,1-3H3. The van der Waals surface area contributed by atoms with Crippen LogP contribution in [0.4, 0.5) is 13.2 Å². The molecule has 0 heterocycles. The van der Waals surface area contributed by atoms with E-state index in [1.807, 2.05) is 32.0 Å². The van der Waals surface area contributed by atoms with Crippen LogP contribution in [0.2, 0.25) is 0 Å². The van der Waals surface area contributed by atoms with Crippen molar-refractivity contribution >= 4 is 0 Å². The van der Waals surface area contributed by atoms with Crippen molar-refractivity contribution in [2.75, 3.05) is 0 Å². The van der Waals surface area contributed by atoms with Gasteiger partial charge in [0.15, 0.2) is 0 Å². The lowest BCUT2D eigenvalue weighted by molar-refractivity contribution is -0.173. The number of benzene rings is 3. The summed E-state index contributed by atoms with van der Waals surface area (Å²) in [7, 11) is 0. The predicted molar refractivity (Wildman–Crippen MR) is 101 cm³/mol. The van der Waals surface area contributed by atoms with Gasteiger partial charge in [-0.2, -0.15) is 13.2 Å². The third-order valence-electron chi connectivity index (χ3n) is 4.91. The zero-order valence-electron chi connectivity index (χ0n) is 15.5. The third-order valence-corrected chi connectivity index (χ3v) is 4.91. The first-order valence-corrected chi connectivity index (χ1v) is 8.70. The molecular formula is C23H21F3O. The van der Waals surface area contributed by atoms with E-state index in [0.29, 0.717) is 11.5 Å². The summed E-state index contributed by atoms with van der Waals surface area (Å²) >= 11 is 0. The Morgan fingerprint density at radius 3 is 1.89 bits per heavy atom. The van der Waals surface area contributed by atoms with Gasteiger partial charge in [-0.1, -0.05) is 60.2 Å². The quantitative estimate of drug-likeness (QED) is 0.482. The number of alkyl halides is 3. The monoisotopic (exact) mass is 370 g/mol. The number of aryl methyl sites for hydroxylation is 2. The molecule has 1 nitrogen and oxygen atoms in total. The maximum absolute atomic E-state index is 14.0. The molecule has 3 aromatic rings. The van der Waals surface area contributed by atoms with E-state index in [2.05, 4.69) is 0 Å². The lowest BCUT2D eigenvalue weighted by Crippen LogP contribution is -2.40. The van der Waals surface area contributed by atoms with Gasteiger partial charge in [0.25, 0.3) is 0 Å². The third kappa shape index (κ3) is 3.70. The van der Waals surface area contributed by atoms with E-state index in [4.69, 9.17) is 4.74 Å². The van der Waals surface area contributed by atoms with Gasteiger partial charge >= 0.3 is 6.18 Å². The topological polar surface area (TPSA) is 9.23 Å². The summed E-state index contributed by atoms with van der Waals surface area (Å²) in [5, 5.41) is 0. The molecule has 0 aliphatic heterocycles. The van der Waals surface area contributed by atoms with Gasteiger partial charge in [0.05, 0.1) is 0 Å². The van der Waals surface area contributed by atoms with Crippen LogP contribution in [0.25, 0.3) is 0 Å². The van der Waals surface area contributed by atoms with E-state index in [1.165, 1.54) is 31.2 Å².